The summed E-state index contributed by atoms with van der Waals surface area (Å²) >= 11 is 1.91. The van der Waals surface area contributed by atoms with Crippen LogP contribution in [0, 0.1) is 0 Å². The largest absolute Gasteiger partial charge is 0.310 e. The molecule has 0 saturated heterocycles. The molecule has 8 aromatic carbocycles. The zero-order chi connectivity index (χ0) is 42.7. The van der Waals surface area contributed by atoms with Crippen LogP contribution in [0.15, 0.2) is 182 Å². The highest BCUT2D eigenvalue weighted by Crippen LogP contribution is 2.57. The summed E-state index contributed by atoms with van der Waals surface area (Å²) in [6, 6.07) is 57.9. The minimum Gasteiger partial charge on any atom is -0.310 e. The summed E-state index contributed by atoms with van der Waals surface area (Å²) < 4.78 is 2.59. The molecule has 0 spiro atoms. The van der Waals surface area contributed by atoms with Gasteiger partial charge in [0.05, 0.1) is 0 Å². The number of allylic oxidation sites excluding steroid dienone is 5. The van der Waals surface area contributed by atoms with Crippen LogP contribution >= 0.6 is 11.3 Å². The Bertz CT molecular complexity index is 3510. The van der Waals surface area contributed by atoms with E-state index >= 15 is 0 Å². The van der Waals surface area contributed by atoms with Crippen molar-refractivity contribution in [3.05, 3.63) is 215 Å². The van der Waals surface area contributed by atoms with Crippen molar-refractivity contribution < 1.29 is 0 Å². The standard InChI is InChI=1S/C61H47NS/c1-35-20-25-46-57-53(61(6,7)58(35)46)30-36-14-8-9-15-41(36)56(57)37-21-26-44-45-27-22-40(34-55(45)63-54(44)31-37)62(38-23-28-51-47(32-38)42-16-10-12-18-49(42)59(51,2)3)39-24-29-52-48(33-39)43-17-11-13-19-50(43)60(52,4)5/h8-34H,1H2,2-7H3. The second kappa shape index (κ2) is 12.5. The van der Waals surface area contributed by atoms with Crippen molar-refractivity contribution >= 4 is 64.9 Å². The van der Waals surface area contributed by atoms with Gasteiger partial charge in [0.25, 0.3) is 0 Å². The molecule has 63 heavy (non-hydrogen) atoms. The van der Waals surface area contributed by atoms with Crippen molar-refractivity contribution in [3.63, 3.8) is 0 Å². The van der Waals surface area contributed by atoms with E-state index < -0.39 is 0 Å². The van der Waals surface area contributed by atoms with Gasteiger partial charge in [0, 0.05) is 53.5 Å². The van der Waals surface area contributed by atoms with Crippen LogP contribution in [0.2, 0.25) is 0 Å². The normalized spacial score (nSPS) is 16.7. The van der Waals surface area contributed by atoms with Crippen LogP contribution < -0.4 is 4.90 Å². The number of anilines is 3. The summed E-state index contributed by atoms with van der Waals surface area (Å²) in [5, 5.41) is 5.18. The van der Waals surface area contributed by atoms with Crippen LogP contribution in [0.3, 0.4) is 0 Å². The van der Waals surface area contributed by atoms with Crippen LogP contribution in [0.25, 0.3) is 69.9 Å². The highest BCUT2D eigenvalue weighted by Gasteiger charge is 2.42. The maximum atomic E-state index is 4.48. The fraction of sp³-hybridized carbons (Fsp3) is 0.148. The molecule has 0 unspecified atom stereocenters. The van der Waals surface area contributed by atoms with E-state index in [1.807, 2.05) is 11.3 Å². The Labute approximate surface area is 374 Å². The highest BCUT2D eigenvalue weighted by molar-refractivity contribution is 7.25. The number of rotatable bonds is 4. The van der Waals surface area contributed by atoms with Crippen LogP contribution in [0.4, 0.5) is 17.1 Å². The van der Waals surface area contributed by atoms with Crippen molar-refractivity contribution in [2.75, 3.05) is 4.90 Å². The van der Waals surface area contributed by atoms with E-state index in [1.54, 1.807) is 0 Å². The molecule has 1 nitrogen and oxygen atoms in total. The van der Waals surface area contributed by atoms with Gasteiger partial charge in [-0.2, -0.15) is 0 Å². The molecule has 0 bridgehead atoms. The van der Waals surface area contributed by atoms with Crippen molar-refractivity contribution in [3.8, 4) is 33.4 Å². The number of hydrogen-bond donors (Lipinski definition) is 0. The fourth-order valence-electron chi connectivity index (χ4n) is 12.2. The van der Waals surface area contributed by atoms with Gasteiger partial charge in [0.2, 0.25) is 0 Å². The molecular weight excluding hydrogens is 779 g/mol. The predicted molar refractivity (Wildman–Crippen MR) is 270 cm³/mol. The average Bonchev–Trinajstić information content (AvgIpc) is 4.03. The molecule has 0 N–H and O–H groups in total. The maximum Gasteiger partial charge on any atom is 0.0476 e. The molecule has 13 rings (SSSR count). The Morgan fingerprint density at radius 2 is 0.968 bits per heavy atom. The third-order valence-electron chi connectivity index (χ3n) is 15.3. The Kier molecular flexibility index (Phi) is 7.29. The Balaban J connectivity index is 0.996. The van der Waals surface area contributed by atoms with Gasteiger partial charge in [-0.3, -0.25) is 0 Å². The lowest BCUT2D eigenvalue weighted by atomic mass is 9.77. The molecule has 302 valence electrons. The quantitative estimate of drug-likeness (QED) is 0.171. The number of benzene rings is 8. The molecule has 4 aliphatic carbocycles. The van der Waals surface area contributed by atoms with E-state index in [-0.39, 0.29) is 16.2 Å². The summed E-state index contributed by atoms with van der Waals surface area (Å²) in [5.74, 6) is 0. The van der Waals surface area contributed by atoms with Gasteiger partial charge in [0.15, 0.2) is 0 Å². The first-order chi connectivity index (χ1) is 30.4. The number of nitrogens with zero attached hydrogens (tertiary/aromatic N) is 1. The fourth-order valence-corrected chi connectivity index (χ4v) is 13.4. The lowest BCUT2D eigenvalue weighted by Gasteiger charge is -2.28. The first-order valence-electron chi connectivity index (χ1n) is 22.4. The minimum absolute atomic E-state index is 0.0586. The topological polar surface area (TPSA) is 3.24 Å². The van der Waals surface area contributed by atoms with Crippen molar-refractivity contribution in [2.45, 2.75) is 57.8 Å². The lowest BCUT2D eigenvalue weighted by Crippen LogP contribution is -2.17. The Morgan fingerprint density at radius 3 is 1.63 bits per heavy atom. The SMILES string of the molecule is C=C1C=CC2=C1C(C)(C)c1cc3ccccc3c(-c3ccc4c(c3)sc3cc(N(c5ccc6c(c5)-c5ccccc5C6(C)C)c5ccc6c(c5)-c5ccccc5C6(C)C)ccc34)c12. The van der Waals surface area contributed by atoms with Gasteiger partial charge in [-0.1, -0.05) is 163 Å². The Morgan fingerprint density at radius 1 is 0.429 bits per heavy atom. The molecule has 0 fully saturated rings. The molecule has 0 saturated carbocycles. The summed E-state index contributed by atoms with van der Waals surface area (Å²) in [7, 11) is 0. The summed E-state index contributed by atoms with van der Waals surface area (Å²) in [6.45, 7) is 18.7. The summed E-state index contributed by atoms with van der Waals surface area (Å²) in [5.41, 5.74) is 23.3. The number of hydrogen-bond acceptors (Lipinski definition) is 2. The van der Waals surface area contributed by atoms with Crippen LogP contribution in [-0.2, 0) is 16.2 Å². The van der Waals surface area contributed by atoms with E-state index in [9.17, 15) is 0 Å². The van der Waals surface area contributed by atoms with Crippen LogP contribution in [-0.4, -0.2) is 0 Å². The molecule has 9 aromatic rings. The highest BCUT2D eigenvalue weighted by atomic mass is 32.1. The summed E-state index contributed by atoms with van der Waals surface area (Å²) in [6.07, 6.45) is 4.51. The van der Waals surface area contributed by atoms with Gasteiger partial charge in [-0.05, 0) is 143 Å². The number of fused-ring (bicyclic) bond motifs is 12. The third kappa shape index (κ3) is 4.88. The molecule has 0 amide bonds. The molecule has 0 aliphatic heterocycles. The molecule has 0 atom stereocenters. The van der Waals surface area contributed by atoms with Gasteiger partial charge in [-0.15, -0.1) is 11.3 Å². The van der Waals surface area contributed by atoms with Crippen LogP contribution in [0.5, 0.6) is 0 Å². The van der Waals surface area contributed by atoms with Crippen molar-refractivity contribution in [1.82, 2.24) is 0 Å². The molecule has 4 aliphatic rings. The van der Waals surface area contributed by atoms with Crippen molar-refractivity contribution in [2.24, 2.45) is 0 Å². The monoisotopic (exact) mass is 825 g/mol. The molecule has 1 aromatic heterocycles. The predicted octanol–water partition coefficient (Wildman–Crippen LogP) is 17.1. The van der Waals surface area contributed by atoms with E-state index in [2.05, 4.69) is 217 Å². The molecule has 0 radical (unpaired) electrons. The zero-order valence-electron chi connectivity index (χ0n) is 36.7. The van der Waals surface area contributed by atoms with Gasteiger partial charge >= 0.3 is 0 Å². The Hall–Kier alpha value is -6.74. The van der Waals surface area contributed by atoms with Crippen LogP contribution in [0.1, 0.15) is 74.9 Å². The van der Waals surface area contributed by atoms with E-state index in [4.69, 9.17) is 0 Å². The molecular formula is C61H47NS. The van der Waals surface area contributed by atoms with E-state index in [1.165, 1.54) is 120 Å². The third-order valence-corrected chi connectivity index (χ3v) is 16.4. The van der Waals surface area contributed by atoms with Gasteiger partial charge in [0.1, 0.15) is 0 Å². The minimum atomic E-state index is -0.120. The van der Waals surface area contributed by atoms with Gasteiger partial charge < -0.3 is 4.90 Å². The molecule has 2 heteroatoms. The second-order valence-electron chi connectivity index (χ2n) is 19.8. The smallest absolute Gasteiger partial charge is 0.0476 e. The van der Waals surface area contributed by atoms with E-state index in [0.29, 0.717) is 0 Å². The molecule has 1 heterocycles. The second-order valence-corrected chi connectivity index (χ2v) is 20.9. The van der Waals surface area contributed by atoms with Crippen molar-refractivity contribution in [1.29, 1.82) is 0 Å². The van der Waals surface area contributed by atoms with E-state index in [0.717, 1.165) is 11.3 Å². The average molecular weight is 826 g/mol. The number of thiophene rings is 1. The maximum absolute atomic E-state index is 4.48. The van der Waals surface area contributed by atoms with Gasteiger partial charge in [-0.25, -0.2) is 0 Å². The summed E-state index contributed by atoms with van der Waals surface area (Å²) in [4.78, 5) is 2.49. The lowest BCUT2D eigenvalue weighted by molar-refractivity contribution is 0.651. The zero-order valence-corrected chi connectivity index (χ0v) is 37.5. The first kappa shape index (κ1) is 36.9. The first-order valence-corrected chi connectivity index (χ1v) is 23.2.